The Morgan fingerprint density at radius 2 is 1.92 bits per heavy atom. The average Bonchev–Trinajstić information content (AvgIpc) is 3.02. The molecule has 1 saturated heterocycles. The van der Waals surface area contributed by atoms with Crippen LogP contribution in [-0.4, -0.2) is 65.7 Å². The van der Waals surface area contributed by atoms with Crippen LogP contribution >= 0.6 is 0 Å². The minimum atomic E-state index is -3.51. The molecule has 0 spiro atoms. The maximum Gasteiger partial charge on any atom is 0.244 e. The Kier molecular flexibility index (Phi) is 4.79. The van der Waals surface area contributed by atoms with Crippen LogP contribution in [0.5, 0.6) is 0 Å². The number of aromatic nitrogens is 2. The van der Waals surface area contributed by atoms with Gasteiger partial charge in [-0.15, -0.1) is 0 Å². The van der Waals surface area contributed by atoms with E-state index < -0.39 is 10.0 Å². The first-order valence-corrected chi connectivity index (χ1v) is 9.19. The molecule has 3 rings (SSSR count). The summed E-state index contributed by atoms with van der Waals surface area (Å²) in [6, 6.07) is 6.80. The molecular weight excluding hydrogens is 328 g/mol. The lowest BCUT2D eigenvalue weighted by Crippen LogP contribution is -2.49. The van der Waals surface area contributed by atoms with E-state index >= 15 is 0 Å². The van der Waals surface area contributed by atoms with Crippen LogP contribution < -0.4 is 0 Å². The van der Waals surface area contributed by atoms with E-state index in [0.29, 0.717) is 38.4 Å². The second kappa shape index (κ2) is 6.84. The van der Waals surface area contributed by atoms with Crippen molar-refractivity contribution < 1.29 is 13.2 Å². The summed E-state index contributed by atoms with van der Waals surface area (Å²) >= 11 is 0. The summed E-state index contributed by atoms with van der Waals surface area (Å²) in [7, 11) is -1.67. The van der Waals surface area contributed by atoms with Gasteiger partial charge in [-0.05, 0) is 24.3 Å². The van der Waals surface area contributed by atoms with E-state index in [1.54, 1.807) is 29.0 Å². The van der Waals surface area contributed by atoms with Gasteiger partial charge in [-0.1, -0.05) is 0 Å². The molecule has 0 unspecified atom stereocenters. The lowest BCUT2D eigenvalue weighted by molar-refractivity contribution is 0.0893. The molecule has 1 fully saturated rings. The van der Waals surface area contributed by atoms with E-state index in [-0.39, 0.29) is 10.7 Å². The molecule has 1 aliphatic heterocycles. The molecule has 1 aliphatic rings. The predicted octanol–water partition coefficient (Wildman–Crippen LogP) is 0.609. The third-order valence-corrected chi connectivity index (χ3v) is 6.08. The van der Waals surface area contributed by atoms with E-state index in [1.165, 1.54) is 10.5 Å². The van der Waals surface area contributed by atoms with Gasteiger partial charge in [0.05, 0.1) is 12.2 Å². The molecule has 0 aromatic carbocycles. The van der Waals surface area contributed by atoms with Gasteiger partial charge in [0, 0.05) is 51.8 Å². The Labute approximate surface area is 141 Å². The molecule has 7 nitrogen and oxygen atoms in total. The molecule has 0 aliphatic carbocycles. The fourth-order valence-electron chi connectivity index (χ4n) is 2.81. The highest BCUT2D eigenvalue weighted by atomic mass is 32.2. The molecular formula is C16H20N4O3S. The monoisotopic (exact) mass is 348 g/mol. The molecule has 3 heterocycles. The first kappa shape index (κ1) is 16.8. The largest absolute Gasteiger partial charge is 0.348 e. The molecule has 24 heavy (non-hydrogen) atoms. The fraction of sp³-hybridized carbons (Fsp3) is 0.375. The predicted molar refractivity (Wildman–Crippen MR) is 89.2 cm³/mol. The van der Waals surface area contributed by atoms with Crippen molar-refractivity contribution in [2.75, 3.05) is 32.7 Å². The number of ketones is 1. The third-order valence-electron chi connectivity index (χ3n) is 4.20. The number of rotatable bonds is 5. The maximum atomic E-state index is 12.5. The first-order valence-electron chi connectivity index (χ1n) is 7.75. The smallest absolute Gasteiger partial charge is 0.244 e. The molecule has 2 aromatic heterocycles. The summed E-state index contributed by atoms with van der Waals surface area (Å²) in [5, 5.41) is 0. The SMILES string of the molecule is Cn1cccc1C(=O)CN1CCN(S(=O)(=O)c2cccnc2)CC1. The van der Waals surface area contributed by atoms with Gasteiger partial charge in [-0.25, -0.2) is 8.42 Å². The van der Waals surface area contributed by atoms with Gasteiger partial charge in [0.15, 0.2) is 5.78 Å². The Hall–Kier alpha value is -2.03. The molecule has 0 saturated carbocycles. The maximum absolute atomic E-state index is 12.5. The highest BCUT2D eigenvalue weighted by Crippen LogP contribution is 2.16. The number of piperazine rings is 1. The summed E-state index contributed by atoms with van der Waals surface area (Å²) in [6.45, 7) is 2.12. The van der Waals surface area contributed by atoms with Crippen molar-refractivity contribution in [2.45, 2.75) is 4.90 Å². The van der Waals surface area contributed by atoms with Crippen LogP contribution in [-0.2, 0) is 17.1 Å². The molecule has 0 atom stereocenters. The standard InChI is InChI=1S/C16H20N4O3S/c1-18-7-3-5-15(18)16(21)13-19-8-10-20(11-9-19)24(22,23)14-4-2-6-17-12-14/h2-7,12H,8-11,13H2,1H3. The van der Waals surface area contributed by atoms with Gasteiger partial charge in [-0.2, -0.15) is 4.31 Å². The van der Waals surface area contributed by atoms with Gasteiger partial charge < -0.3 is 4.57 Å². The number of carbonyl (C=O) groups is 1. The number of carbonyl (C=O) groups excluding carboxylic acids is 1. The van der Waals surface area contributed by atoms with E-state index in [2.05, 4.69) is 4.98 Å². The van der Waals surface area contributed by atoms with E-state index in [1.807, 2.05) is 24.2 Å². The summed E-state index contributed by atoms with van der Waals surface area (Å²) in [4.78, 5) is 18.4. The third kappa shape index (κ3) is 3.40. The topological polar surface area (TPSA) is 75.5 Å². The number of hydrogen-bond acceptors (Lipinski definition) is 5. The van der Waals surface area contributed by atoms with Crippen LogP contribution in [0.2, 0.25) is 0 Å². The van der Waals surface area contributed by atoms with Crippen molar-refractivity contribution in [3.05, 3.63) is 48.5 Å². The van der Waals surface area contributed by atoms with Crippen LogP contribution in [0.15, 0.2) is 47.8 Å². The van der Waals surface area contributed by atoms with Crippen molar-refractivity contribution in [1.82, 2.24) is 18.8 Å². The summed E-state index contributed by atoms with van der Waals surface area (Å²) in [5.41, 5.74) is 0.667. The zero-order chi connectivity index (χ0) is 17.2. The van der Waals surface area contributed by atoms with Gasteiger partial charge >= 0.3 is 0 Å². The minimum Gasteiger partial charge on any atom is -0.348 e. The van der Waals surface area contributed by atoms with Gasteiger partial charge in [0.1, 0.15) is 4.90 Å². The van der Waals surface area contributed by atoms with Crippen LogP contribution in [0.3, 0.4) is 0 Å². The lowest BCUT2D eigenvalue weighted by Gasteiger charge is -2.33. The Bertz CT molecular complexity index is 809. The van der Waals surface area contributed by atoms with Crippen molar-refractivity contribution in [2.24, 2.45) is 7.05 Å². The summed E-state index contributed by atoms with van der Waals surface area (Å²) in [6.07, 6.45) is 4.75. The lowest BCUT2D eigenvalue weighted by atomic mass is 10.2. The second-order valence-corrected chi connectivity index (χ2v) is 7.73. The molecule has 0 bridgehead atoms. The molecule has 8 heteroatoms. The highest BCUT2D eigenvalue weighted by Gasteiger charge is 2.29. The number of nitrogens with zero attached hydrogens (tertiary/aromatic N) is 4. The van der Waals surface area contributed by atoms with Crippen LogP contribution in [0, 0.1) is 0 Å². The Balaban J connectivity index is 1.60. The van der Waals surface area contributed by atoms with E-state index in [0.717, 1.165) is 0 Å². The van der Waals surface area contributed by atoms with E-state index in [9.17, 15) is 13.2 Å². The molecule has 0 amide bonds. The van der Waals surface area contributed by atoms with Gasteiger partial charge in [-0.3, -0.25) is 14.7 Å². The number of Topliss-reactive ketones (excluding diaryl/α,β-unsaturated/α-hetero) is 1. The minimum absolute atomic E-state index is 0.0473. The zero-order valence-corrected chi connectivity index (χ0v) is 14.3. The molecule has 0 N–H and O–H groups in total. The number of hydrogen-bond donors (Lipinski definition) is 0. The second-order valence-electron chi connectivity index (χ2n) is 5.80. The number of aryl methyl sites for hydroxylation is 1. The molecule has 0 radical (unpaired) electrons. The fourth-order valence-corrected chi connectivity index (χ4v) is 4.20. The highest BCUT2D eigenvalue weighted by molar-refractivity contribution is 7.89. The zero-order valence-electron chi connectivity index (χ0n) is 13.5. The normalized spacial score (nSPS) is 17.0. The van der Waals surface area contributed by atoms with Crippen molar-refractivity contribution in [3.63, 3.8) is 0 Å². The number of pyridine rings is 1. The number of sulfonamides is 1. The Morgan fingerprint density at radius 3 is 2.50 bits per heavy atom. The summed E-state index contributed by atoms with van der Waals surface area (Å²) in [5.74, 6) is 0.0473. The van der Waals surface area contributed by atoms with Crippen LogP contribution in [0.4, 0.5) is 0 Å². The quantitative estimate of drug-likeness (QED) is 0.740. The Morgan fingerprint density at radius 1 is 1.17 bits per heavy atom. The van der Waals surface area contributed by atoms with Crippen molar-refractivity contribution in [3.8, 4) is 0 Å². The van der Waals surface area contributed by atoms with Crippen LogP contribution in [0.1, 0.15) is 10.5 Å². The average molecular weight is 348 g/mol. The van der Waals surface area contributed by atoms with Crippen molar-refractivity contribution in [1.29, 1.82) is 0 Å². The van der Waals surface area contributed by atoms with Gasteiger partial charge in [0.2, 0.25) is 10.0 Å². The van der Waals surface area contributed by atoms with Crippen molar-refractivity contribution >= 4 is 15.8 Å². The summed E-state index contributed by atoms with van der Waals surface area (Å²) < 4.78 is 28.3. The van der Waals surface area contributed by atoms with E-state index in [4.69, 9.17) is 0 Å². The first-order chi connectivity index (χ1) is 11.5. The molecule has 128 valence electrons. The van der Waals surface area contributed by atoms with Gasteiger partial charge in [0.25, 0.3) is 0 Å². The molecule has 2 aromatic rings. The van der Waals surface area contributed by atoms with Crippen LogP contribution in [0.25, 0.3) is 0 Å².